The first-order valence-electron chi connectivity index (χ1n) is 7.69. The molecule has 1 N–H and O–H groups in total. The molecule has 2 aromatic carbocycles. The number of carbonyl (C=O) groups excluding carboxylic acids is 1. The highest BCUT2D eigenvalue weighted by Gasteiger charge is 2.24. The lowest BCUT2D eigenvalue weighted by Gasteiger charge is -2.23. The molecule has 0 aliphatic carbocycles. The summed E-state index contributed by atoms with van der Waals surface area (Å²) in [4.78, 5) is 12.4. The van der Waals surface area contributed by atoms with E-state index < -0.39 is 22.5 Å². The Morgan fingerprint density at radius 1 is 1.19 bits per heavy atom. The van der Waals surface area contributed by atoms with Crippen LogP contribution in [0.15, 0.2) is 42.5 Å². The zero-order valence-electron chi connectivity index (χ0n) is 14.3. The van der Waals surface area contributed by atoms with Gasteiger partial charge in [0.2, 0.25) is 22.7 Å². The minimum Gasteiger partial charge on any atom is -0.495 e. The normalized spacial score (nSPS) is 12.5. The number of anilines is 2. The second-order valence-corrected chi connectivity index (χ2v) is 7.46. The van der Waals surface area contributed by atoms with E-state index in [2.05, 4.69) is 5.32 Å². The van der Waals surface area contributed by atoms with E-state index in [-0.39, 0.29) is 6.79 Å². The lowest BCUT2D eigenvalue weighted by Crippen LogP contribution is -2.37. The van der Waals surface area contributed by atoms with Crippen LogP contribution in [-0.2, 0) is 14.8 Å². The van der Waals surface area contributed by atoms with E-state index in [9.17, 15) is 13.2 Å². The standard InChI is InChI=1S/C17H18N2O6S/c1-23-14-6-4-3-5-13(14)19(26(2,21)22)10-17(20)18-12-7-8-15-16(9-12)25-11-24-15/h3-9H,10-11H2,1-2H3,(H,18,20). The molecule has 0 spiro atoms. The molecule has 0 radical (unpaired) electrons. The van der Waals surface area contributed by atoms with Crippen molar-refractivity contribution in [3.05, 3.63) is 42.5 Å². The Morgan fingerprint density at radius 3 is 2.65 bits per heavy atom. The van der Waals surface area contributed by atoms with Gasteiger partial charge in [-0.15, -0.1) is 0 Å². The number of carbonyl (C=O) groups is 1. The molecule has 0 aromatic heterocycles. The van der Waals surface area contributed by atoms with E-state index in [0.717, 1.165) is 10.6 Å². The zero-order chi connectivity index (χ0) is 18.7. The van der Waals surface area contributed by atoms with Crippen molar-refractivity contribution in [3.63, 3.8) is 0 Å². The van der Waals surface area contributed by atoms with Gasteiger partial charge in [-0.1, -0.05) is 12.1 Å². The molecule has 1 amide bonds. The van der Waals surface area contributed by atoms with Gasteiger partial charge in [0.1, 0.15) is 12.3 Å². The van der Waals surface area contributed by atoms with Crippen LogP contribution in [0.5, 0.6) is 17.2 Å². The lowest BCUT2D eigenvalue weighted by molar-refractivity contribution is -0.114. The van der Waals surface area contributed by atoms with Crippen LogP contribution >= 0.6 is 0 Å². The van der Waals surface area contributed by atoms with E-state index in [1.165, 1.54) is 7.11 Å². The number of rotatable bonds is 6. The number of ether oxygens (including phenoxy) is 3. The van der Waals surface area contributed by atoms with E-state index in [1.54, 1.807) is 42.5 Å². The molecule has 1 heterocycles. The molecule has 8 nitrogen and oxygen atoms in total. The third-order valence-electron chi connectivity index (χ3n) is 3.70. The number of sulfonamides is 1. The van der Waals surface area contributed by atoms with E-state index in [0.29, 0.717) is 28.6 Å². The minimum atomic E-state index is -3.70. The maximum atomic E-state index is 12.4. The van der Waals surface area contributed by atoms with Crippen LogP contribution in [0, 0.1) is 0 Å². The van der Waals surface area contributed by atoms with Crippen molar-refractivity contribution in [2.75, 3.05) is 36.3 Å². The average molecular weight is 378 g/mol. The summed E-state index contributed by atoms with van der Waals surface area (Å²) in [6.45, 7) is -0.268. The first kappa shape index (κ1) is 17.9. The van der Waals surface area contributed by atoms with Gasteiger partial charge in [0.05, 0.1) is 19.1 Å². The number of nitrogens with one attached hydrogen (secondary N) is 1. The Bertz CT molecular complexity index is 929. The second-order valence-electron chi connectivity index (χ2n) is 5.56. The first-order valence-corrected chi connectivity index (χ1v) is 9.53. The molecule has 0 fully saturated rings. The van der Waals surface area contributed by atoms with Crippen LogP contribution in [0.4, 0.5) is 11.4 Å². The smallest absolute Gasteiger partial charge is 0.245 e. The number of methoxy groups -OCH3 is 1. The maximum Gasteiger partial charge on any atom is 0.245 e. The van der Waals surface area contributed by atoms with Gasteiger partial charge in [0, 0.05) is 11.8 Å². The van der Waals surface area contributed by atoms with Crippen molar-refractivity contribution >= 4 is 27.3 Å². The number of fused-ring (bicyclic) bond motifs is 1. The Balaban J connectivity index is 1.80. The predicted molar refractivity (Wildman–Crippen MR) is 96.4 cm³/mol. The van der Waals surface area contributed by atoms with Gasteiger partial charge in [-0.3, -0.25) is 9.10 Å². The Labute approximate surface area is 151 Å². The molecule has 1 aliphatic heterocycles. The molecule has 0 unspecified atom stereocenters. The quantitative estimate of drug-likeness (QED) is 0.824. The van der Waals surface area contributed by atoms with Gasteiger partial charge in [0.25, 0.3) is 0 Å². The lowest BCUT2D eigenvalue weighted by atomic mass is 10.2. The van der Waals surface area contributed by atoms with Gasteiger partial charge in [-0.25, -0.2) is 8.42 Å². The van der Waals surface area contributed by atoms with Gasteiger partial charge in [-0.05, 0) is 24.3 Å². The summed E-state index contributed by atoms with van der Waals surface area (Å²) in [7, 11) is -2.26. The fourth-order valence-electron chi connectivity index (χ4n) is 2.52. The summed E-state index contributed by atoms with van der Waals surface area (Å²) in [6, 6.07) is 11.5. The fraction of sp³-hybridized carbons (Fsp3) is 0.235. The van der Waals surface area contributed by atoms with Crippen LogP contribution in [0.1, 0.15) is 0 Å². The largest absolute Gasteiger partial charge is 0.495 e. The average Bonchev–Trinajstić information content (AvgIpc) is 3.06. The van der Waals surface area contributed by atoms with Crippen LogP contribution in [-0.4, -0.2) is 41.0 Å². The topological polar surface area (TPSA) is 94.2 Å². The Morgan fingerprint density at radius 2 is 1.92 bits per heavy atom. The maximum absolute atomic E-state index is 12.4. The van der Waals surface area contributed by atoms with Gasteiger partial charge < -0.3 is 19.5 Å². The summed E-state index contributed by atoms with van der Waals surface area (Å²) < 4.78 is 41.1. The summed E-state index contributed by atoms with van der Waals surface area (Å²) in [5.41, 5.74) is 0.770. The van der Waals surface area contributed by atoms with Gasteiger partial charge in [0.15, 0.2) is 11.5 Å². The molecule has 3 rings (SSSR count). The number of hydrogen-bond acceptors (Lipinski definition) is 6. The predicted octanol–water partition coefficient (Wildman–Crippen LogP) is 1.83. The zero-order valence-corrected chi connectivity index (χ0v) is 15.1. The molecule has 9 heteroatoms. The van der Waals surface area contributed by atoms with Crippen molar-refractivity contribution in [3.8, 4) is 17.2 Å². The fourth-order valence-corrected chi connectivity index (χ4v) is 3.38. The highest BCUT2D eigenvalue weighted by atomic mass is 32.2. The molecule has 1 aliphatic rings. The van der Waals surface area contributed by atoms with Crippen molar-refractivity contribution in [2.45, 2.75) is 0 Å². The number of para-hydroxylation sites is 2. The van der Waals surface area contributed by atoms with Crippen molar-refractivity contribution in [1.29, 1.82) is 0 Å². The molecule has 2 aromatic rings. The third-order valence-corrected chi connectivity index (χ3v) is 4.82. The molecule has 0 saturated carbocycles. The highest BCUT2D eigenvalue weighted by Crippen LogP contribution is 2.34. The number of hydrogen-bond donors (Lipinski definition) is 1. The van der Waals surface area contributed by atoms with E-state index >= 15 is 0 Å². The van der Waals surface area contributed by atoms with Crippen molar-refractivity contribution < 1.29 is 27.4 Å². The van der Waals surface area contributed by atoms with Gasteiger partial charge >= 0.3 is 0 Å². The first-order chi connectivity index (χ1) is 12.4. The minimum absolute atomic E-state index is 0.127. The molecule has 26 heavy (non-hydrogen) atoms. The third kappa shape index (κ3) is 3.83. The van der Waals surface area contributed by atoms with Crippen LogP contribution in [0.2, 0.25) is 0 Å². The molecular weight excluding hydrogens is 360 g/mol. The van der Waals surface area contributed by atoms with Crippen molar-refractivity contribution in [2.24, 2.45) is 0 Å². The summed E-state index contributed by atoms with van der Waals surface area (Å²) in [6.07, 6.45) is 1.04. The van der Waals surface area contributed by atoms with Crippen LogP contribution in [0.3, 0.4) is 0 Å². The Hall–Kier alpha value is -2.94. The highest BCUT2D eigenvalue weighted by molar-refractivity contribution is 7.92. The molecule has 0 saturated heterocycles. The monoisotopic (exact) mass is 378 g/mol. The molecule has 0 bridgehead atoms. The summed E-state index contributed by atoms with van der Waals surface area (Å²) >= 11 is 0. The number of nitrogens with zero attached hydrogens (tertiary/aromatic N) is 1. The number of amides is 1. The second kappa shape index (κ2) is 7.12. The van der Waals surface area contributed by atoms with Crippen molar-refractivity contribution in [1.82, 2.24) is 0 Å². The van der Waals surface area contributed by atoms with Crippen LogP contribution < -0.4 is 23.8 Å². The van der Waals surface area contributed by atoms with Gasteiger partial charge in [-0.2, -0.15) is 0 Å². The van der Waals surface area contributed by atoms with E-state index in [4.69, 9.17) is 14.2 Å². The SMILES string of the molecule is COc1ccccc1N(CC(=O)Nc1ccc2c(c1)OCO2)S(C)(=O)=O. The number of benzene rings is 2. The summed E-state index contributed by atoms with van der Waals surface area (Å²) in [5.74, 6) is 0.969. The van der Waals surface area contributed by atoms with Crippen LogP contribution in [0.25, 0.3) is 0 Å². The summed E-state index contributed by atoms with van der Waals surface area (Å²) in [5, 5.41) is 2.66. The molecular formula is C17H18N2O6S. The molecule has 0 atom stereocenters. The Kier molecular flexibility index (Phi) is 4.90. The molecule has 138 valence electrons. The van der Waals surface area contributed by atoms with E-state index in [1.807, 2.05) is 0 Å².